The standard InChI is InChI=1S/C18H25ClN4O3/c19-15-5-6-16(17(13-15)23(25)26)21-9-11-22(12-10-21)18(24)14-20-7-3-1-2-4-8-20/h5-6,13H,1-4,7-12,14H2/p+1. The zero-order chi connectivity index (χ0) is 18.5. The van der Waals surface area contributed by atoms with E-state index < -0.39 is 4.92 Å². The fourth-order valence-electron chi connectivity index (χ4n) is 3.84. The number of hydrogen-bond acceptors (Lipinski definition) is 4. The third-order valence-electron chi connectivity index (χ3n) is 5.32. The molecule has 0 saturated carbocycles. The molecule has 3 rings (SSSR count). The second-order valence-corrected chi connectivity index (χ2v) is 7.54. The fourth-order valence-corrected chi connectivity index (χ4v) is 4.00. The van der Waals surface area contributed by atoms with E-state index in [2.05, 4.69) is 0 Å². The van der Waals surface area contributed by atoms with Crippen molar-refractivity contribution in [3.05, 3.63) is 33.3 Å². The highest BCUT2D eigenvalue weighted by atomic mass is 35.5. The van der Waals surface area contributed by atoms with E-state index in [1.54, 1.807) is 12.1 Å². The van der Waals surface area contributed by atoms with Gasteiger partial charge in [0.15, 0.2) is 6.54 Å². The van der Waals surface area contributed by atoms with Crippen LogP contribution < -0.4 is 9.80 Å². The molecule has 26 heavy (non-hydrogen) atoms. The van der Waals surface area contributed by atoms with Gasteiger partial charge in [-0.3, -0.25) is 14.9 Å². The summed E-state index contributed by atoms with van der Waals surface area (Å²) in [6.45, 7) is 5.15. The Kier molecular flexibility index (Phi) is 6.32. The van der Waals surface area contributed by atoms with Gasteiger partial charge in [-0.25, -0.2) is 0 Å². The van der Waals surface area contributed by atoms with E-state index in [4.69, 9.17) is 11.6 Å². The lowest BCUT2D eigenvalue weighted by atomic mass is 10.2. The number of hydrogen-bond donors (Lipinski definition) is 1. The number of carbonyl (C=O) groups excluding carboxylic acids is 1. The van der Waals surface area contributed by atoms with Crippen molar-refractivity contribution in [1.29, 1.82) is 0 Å². The third kappa shape index (κ3) is 4.65. The van der Waals surface area contributed by atoms with Crippen LogP contribution in [0.4, 0.5) is 11.4 Å². The largest absolute Gasteiger partial charge is 0.362 e. The molecule has 8 heteroatoms. The van der Waals surface area contributed by atoms with Crippen molar-refractivity contribution in [2.24, 2.45) is 0 Å². The van der Waals surface area contributed by atoms with E-state index in [0.717, 1.165) is 13.1 Å². The van der Waals surface area contributed by atoms with Crippen molar-refractivity contribution in [2.45, 2.75) is 25.7 Å². The lowest BCUT2D eigenvalue weighted by molar-refractivity contribution is -0.891. The maximum absolute atomic E-state index is 12.6. The van der Waals surface area contributed by atoms with E-state index in [0.29, 0.717) is 43.4 Å². The molecule has 0 unspecified atom stereocenters. The molecule has 1 amide bonds. The summed E-state index contributed by atoms with van der Waals surface area (Å²) in [7, 11) is 0. The van der Waals surface area contributed by atoms with Crippen LogP contribution in [0.15, 0.2) is 18.2 Å². The van der Waals surface area contributed by atoms with Gasteiger partial charge in [0, 0.05) is 37.3 Å². The van der Waals surface area contributed by atoms with Crippen molar-refractivity contribution >= 4 is 28.9 Å². The maximum Gasteiger partial charge on any atom is 0.294 e. The molecule has 7 nitrogen and oxygen atoms in total. The predicted octanol–water partition coefficient (Wildman–Crippen LogP) is 1.36. The van der Waals surface area contributed by atoms with Crippen molar-refractivity contribution in [2.75, 3.05) is 50.7 Å². The van der Waals surface area contributed by atoms with Gasteiger partial charge in [0.1, 0.15) is 5.69 Å². The molecular weight excluding hydrogens is 356 g/mol. The maximum atomic E-state index is 12.6. The Labute approximate surface area is 158 Å². The first-order valence-electron chi connectivity index (χ1n) is 9.35. The number of nitro groups is 1. The van der Waals surface area contributed by atoms with Crippen LogP contribution in [0.3, 0.4) is 0 Å². The summed E-state index contributed by atoms with van der Waals surface area (Å²) in [4.78, 5) is 28.8. The quantitative estimate of drug-likeness (QED) is 0.631. The van der Waals surface area contributed by atoms with Gasteiger partial charge in [0.2, 0.25) is 0 Å². The molecule has 2 aliphatic heterocycles. The molecule has 142 valence electrons. The number of nitrogens with zero attached hydrogens (tertiary/aromatic N) is 3. The highest BCUT2D eigenvalue weighted by Gasteiger charge is 2.27. The SMILES string of the molecule is O=C(C[NH+]1CCCCCC1)N1CCN(c2ccc(Cl)cc2[N+](=O)[O-])CC1. The molecule has 0 spiro atoms. The highest BCUT2D eigenvalue weighted by molar-refractivity contribution is 6.30. The summed E-state index contributed by atoms with van der Waals surface area (Å²) in [6, 6.07) is 4.75. The predicted molar refractivity (Wildman–Crippen MR) is 101 cm³/mol. The number of rotatable bonds is 4. The second kappa shape index (κ2) is 8.68. The lowest BCUT2D eigenvalue weighted by Crippen LogP contribution is -3.13. The Morgan fingerprint density at radius 3 is 2.38 bits per heavy atom. The summed E-state index contributed by atoms with van der Waals surface area (Å²) in [5.74, 6) is 0.201. The van der Waals surface area contributed by atoms with Gasteiger partial charge in [0.05, 0.1) is 18.0 Å². The zero-order valence-corrected chi connectivity index (χ0v) is 15.7. The molecule has 2 fully saturated rings. The van der Waals surface area contributed by atoms with E-state index in [9.17, 15) is 14.9 Å². The van der Waals surface area contributed by atoms with Gasteiger partial charge in [-0.15, -0.1) is 0 Å². The Bertz CT molecular complexity index is 654. The Morgan fingerprint density at radius 1 is 1.12 bits per heavy atom. The number of anilines is 1. The zero-order valence-electron chi connectivity index (χ0n) is 15.0. The summed E-state index contributed by atoms with van der Waals surface area (Å²) in [6.07, 6.45) is 4.96. The third-order valence-corrected chi connectivity index (χ3v) is 5.55. The van der Waals surface area contributed by atoms with Crippen molar-refractivity contribution in [1.82, 2.24) is 4.90 Å². The molecule has 0 atom stereocenters. The van der Waals surface area contributed by atoms with Gasteiger partial charge in [0.25, 0.3) is 11.6 Å². The van der Waals surface area contributed by atoms with Crippen LogP contribution in [0, 0.1) is 10.1 Å². The molecule has 0 aliphatic carbocycles. The second-order valence-electron chi connectivity index (χ2n) is 7.10. The van der Waals surface area contributed by atoms with Crippen LogP contribution in [0.5, 0.6) is 0 Å². The van der Waals surface area contributed by atoms with Crippen LogP contribution in [0.25, 0.3) is 0 Å². The number of nitro benzene ring substituents is 1. The van der Waals surface area contributed by atoms with E-state index in [1.165, 1.54) is 36.6 Å². The number of quaternary nitrogens is 1. The molecule has 0 aromatic heterocycles. The lowest BCUT2D eigenvalue weighted by Gasteiger charge is -2.36. The molecule has 2 aliphatic rings. The number of halogens is 1. The number of nitrogens with one attached hydrogen (secondary N) is 1. The van der Waals surface area contributed by atoms with Gasteiger partial charge in [-0.2, -0.15) is 0 Å². The van der Waals surface area contributed by atoms with Gasteiger partial charge < -0.3 is 14.7 Å². The fraction of sp³-hybridized carbons (Fsp3) is 0.611. The number of likely N-dealkylation sites (tertiary alicyclic amines) is 1. The van der Waals surface area contributed by atoms with E-state index in [-0.39, 0.29) is 11.6 Å². The van der Waals surface area contributed by atoms with Crippen molar-refractivity contribution < 1.29 is 14.6 Å². The van der Waals surface area contributed by atoms with Crippen LogP contribution in [-0.2, 0) is 4.79 Å². The summed E-state index contributed by atoms with van der Waals surface area (Å²) in [5, 5.41) is 11.6. The summed E-state index contributed by atoms with van der Waals surface area (Å²) in [5.41, 5.74) is 0.593. The molecule has 2 heterocycles. The van der Waals surface area contributed by atoms with Crippen LogP contribution in [-0.4, -0.2) is 61.5 Å². The molecule has 1 aromatic rings. The highest BCUT2D eigenvalue weighted by Crippen LogP contribution is 2.31. The first kappa shape index (κ1) is 18.9. The Morgan fingerprint density at radius 2 is 1.77 bits per heavy atom. The summed E-state index contributed by atoms with van der Waals surface area (Å²) >= 11 is 5.89. The van der Waals surface area contributed by atoms with E-state index in [1.807, 2.05) is 9.80 Å². The van der Waals surface area contributed by atoms with Crippen LogP contribution in [0.1, 0.15) is 25.7 Å². The van der Waals surface area contributed by atoms with Gasteiger partial charge in [-0.1, -0.05) is 11.6 Å². The van der Waals surface area contributed by atoms with E-state index >= 15 is 0 Å². The minimum atomic E-state index is -0.401. The number of amides is 1. The van der Waals surface area contributed by atoms with Gasteiger partial charge >= 0.3 is 0 Å². The van der Waals surface area contributed by atoms with Crippen molar-refractivity contribution in [3.8, 4) is 0 Å². The molecule has 1 aromatic carbocycles. The number of benzene rings is 1. The first-order valence-corrected chi connectivity index (χ1v) is 9.72. The number of piperazine rings is 1. The molecule has 0 radical (unpaired) electrons. The Balaban J connectivity index is 1.57. The average molecular weight is 382 g/mol. The monoisotopic (exact) mass is 381 g/mol. The smallest absolute Gasteiger partial charge is 0.294 e. The molecule has 0 bridgehead atoms. The average Bonchev–Trinajstić information content (AvgIpc) is 2.90. The minimum Gasteiger partial charge on any atom is -0.362 e. The van der Waals surface area contributed by atoms with Crippen LogP contribution >= 0.6 is 11.6 Å². The normalized spacial score (nSPS) is 19.3. The molecular formula is C18H26ClN4O3+. The minimum absolute atomic E-state index is 0.0197. The molecule has 1 N–H and O–H groups in total. The van der Waals surface area contributed by atoms with Crippen LogP contribution in [0.2, 0.25) is 5.02 Å². The summed E-state index contributed by atoms with van der Waals surface area (Å²) < 4.78 is 0. The number of carbonyl (C=O) groups is 1. The van der Waals surface area contributed by atoms with Gasteiger partial charge in [-0.05, 0) is 37.8 Å². The van der Waals surface area contributed by atoms with Crippen molar-refractivity contribution in [3.63, 3.8) is 0 Å². The topological polar surface area (TPSA) is 71.1 Å². The Hall–Kier alpha value is -1.86. The first-order chi connectivity index (χ1) is 12.5. The molecule has 2 saturated heterocycles.